The van der Waals surface area contributed by atoms with Gasteiger partial charge in [-0.25, -0.2) is 0 Å². The molecule has 0 aromatic heterocycles. The summed E-state index contributed by atoms with van der Waals surface area (Å²) in [6.07, 6.45) is 3.01. The van der Waals surface area contributed by atoms with Gasteiger partial charge in [-0.1, -0.05) is 0 Å². The van der Waals surface area contributed by atoms with Gasteiger partial charge >= 0.3 is 5.97 Å². The lowest BCUT2D eigenvalue weighted by Gasteiger charge is -2.34. The quantitative estimate of drug-likeness (QED) is 0.823. The van der Waals surface area contributed by atoms with Gasteiger partial charge in [0.1, 0.15) is 0 Å². The fourth-order valence-electron chi connectivity index (χ4n) is 3.06. The summed E-state index contributed by atoms with van der Waals surface area (Å²) in [4.78, 5) is 13.0. The Morgan fingerprint density at radius 1 is 1.56 bits per heavy atom. The molecule has 0 saturated carbocycles. The first kappa shape index (κ1) is 13.8. The van der Waals surface area contributed by atoms with E-state index in [0.29, 0.717) is 12.5 Å². The van der Waals surface area contributed by atoms with Gasteiger partial charge in [0.15, 0.2) is 5.79 Å². The lowest BCUT2D eigenvalue weighted by atomic mass is 9.91. The zero-order chi connectivity index (χ0) is 13.2. The molecule has 0 aromatic carbocycles. The molecule has 0 amide bonds. The minimum Gasteiger partial charge on any atom is -0.481 e. The van der Waals surface area contributed by atoms with E-state index in [0.717, 1.165) is 19.5 Å². The summed E-state index contributed by atoms with van der Waals surface area (Å²) < 4.78 is 11.5. The molecule has 5 heteroatoms. The number of carbonyl (C=O) groups is 1. The van der Waals surface area contributed by atoms with Crippen LogP contribution in [0, 0.1) is 5.92 Å². The van der Waals surface area contributed by atoms with Crippen molar-refractivity contribution >= 4 is 5.97 Å². The Labute approximate surface area is 108 Å². The van der Waals surface area contributed by atoms with Crippen LogP contribution in [0.4, 0.5) is 0 Å². The van der Waals surface area contributed by atoms with Crippen LogP contribution in [0.5, 0.6) is 0 Å². The maximum Gasteiger partial charge on any atom is 0.306 e. The maximum atomic E-state index is 10.7. The number of nitrogens with zero attached hydrogens (tertiary/aromatic N) is 1. The van der Waals surface area contributed by atoms with E-state index in [4.69, 9.17) is 14.6 Å². The second-order valence-electron chi connectivity index (χ2n) is 5.76. The number of carboxylic acids is 1. The summed E-state index contributed by atoms with van der Waals surface area (Å²) in [5.74, 6) is -0.842. The highest BCUT2D eigenvalue weighted by atomic mass is 16.7. The molecule has 2 aliphatic heterocycles. The third-order valence-corrected chi connectivity index (χ3v) is 3.77. The Balaban J connectivity index is 1.83. The smallest absolute Gasteiger partial charge is 0.306 e. The van der Waals surface area contributed by atoms with Crippen molar-refractivity contribution in [2.45, 2.75) is 44.5 Å². The molecule has 1 N–H and O–H groups in total. The molecule has 3 unspecified atom stereocenters. The molecule has 0 radical (unpaired) electrons. The highest BCUT2D eigenvalue weighted by Gasteiger charge is 2.40. The Morgan fingerprint density at radius 3 is 3.00 bits per heavy atom. The Morgan fingerprint density at radius 2 is 2.33 bits per heavy atom. The van der Waals surface area contributed by atoms with Crippen molar-refractivity contribution in [2.24, 2.45) is 5.92 Å². The largest absolute Gasteiger partial charge is 0.481 e. The van der Waals surface area contributed by atoms with Gasteiger partial charge in [0, 0.05) is 13.0 Å². The fraction of sp³-hybridized carbons (Fsp3) is 0.923. The molecule has 0 spiro atoms. The standard InChI is InChI=1S/C13H23NO4/c1-13(7-10-4-3-5-14(2)8-10)17-9-11(18-13)6-12(15)16/h10-11H,3-9H2,1-2H3,(H,15,16). The number of carboxylic acid groups (broad SMARTS) is 1. The summed E-state index contributed by atoms with van der Waals surface area (Å²) in [6, 6.07) is 0. The molecule has 2 rings (SSSR count). The van der Waals surface area contributed by atoms with E-state index in [2.05, 4.69) is 11.9 Å². The van der Waals surface area contributed by atoms with E-state index in [9.17, 15) is 4.79 Å². The number of hydrogen-bond donors (Lipinski definition) is 1. The zero-order valence-electron chi connectivity index (χ0n) is 11.2. The molecular formula is C13H23NO4. The highest BCUT2D eigenvalue weighted by Crippen LogP contribution is 2.33. The molecule has 2 aliphatic rings. The Hall–Kier alpha value is -0.650. The van der Waals surface area contributed by atoms with Crippen molar-refractivity contribution in [3.05, 3.63) is 0 Å². The minimum absolute atomic E-state index is 0.0279. The molecule has 18 heavy (non-hydrogen) atoms. The lowest BCUT2D eigenvalue weighted by Crippen LogP contribution is -2.38. The van der Waals surface area contributed by atoms with Crippen LogP contribution in [0.25, 0.3) is 0 Å². The molecule has 2 fully saturated rings. The average Bonchev–Trinajstić information content (AvgIpc) is 2.58. The molecule has 0 aromatic rings. The van der Waals surface area contributed by atoms with Gasteiger partial charge in [0.25, 0.3) is 0 Å². The minimum atomic E-state index is -0.828. The number of likely N-dealkylation sites (tertiary alicyclic amines) is 1. The molecular weight excluding hydrogens is 234 g/mol. The van der Waals surface area contributed by atoms with Gasteiger partial charge in [0.2, 0.25) is 0 Å². The first-order valence-electron chi connectivity index (χ1n) is 6.69. The zero-order valence-corrected chi connectivity index (χ0v) is 11.2. The van der Waals surface area contributed by atoms with E-state index in [-0.39, 0.29) is 12.5 Å². The topological polar surface area (TPSA) is 59.0 Å². The molecule has 3 atom stereocenters. The normalized spacial score (nSPS) is 37.9. The van der Waals surface area contributed by atoms with Crippen molar-refractivity contribution in [1.29, 1.82) is 0 Å². The second-order valence-corrected chi connectivity index (χ2v) is 5.76. The maximum absolute atomic E-state index is 10.7. The predicted octanol–water partition coefficient (Wildman–Crippen LogP) is 1.32. The summed E-state index contributed by atoms with van der Waals surface area (Å²) in [6.45, 7) is 4.57. The molecule has 5 nitrogen and oxygen atoms in total. The van der Waals surface area contributed by atoms with Crippen LogP contribution in [0.15, 0.2) is 0 Å². The summed E-state index contributed by atoms with van der Waals surface area (Å²) in [5.41, 5.74) is 0. The van der Waals surface area contributed by atoms with Crippen LogP contribution in [0.3, 0.4) is 0 Å². The summed E-state index contributed by atoms with van der Waals surface area (Å²) in [5, 5.41) is 8.76. The van der Waals surface area contributed by atoms with Gasteiger partial charge in [-0.15, -0.1) is 0 Å². The molecule has 2 heterocycles. The highest BCUT2D eigenvalue weighted by molar-refractivity contribution is 5.67. The monoisotopic (exact) mass is 257 g/mol. The summed E-state index contributed by atoms with van der Waals surface area (Å²) in [7, 11) is 2.14. The Bertz CT molecular complexity index is 309. The van der Waals surface area contributed by atoms with Crippen LogP contribution in [0.1, 0.15) is 32.6 Å². The molecule has 2 saturated heterocycles. The van der Waals surface area contributed by atoms with Crippen LogP contribution in [-0.4, -0.2) is 54.6 Å². The van der Waals surface area contributed by atoms with Gasteiger partial charge in [-0.3, -0.25) is 4.79 Å². The van der Waals surface area contributed by atoms with E-state index < -0.39 is 11.8 Å². The van der Waals surface area contributed by atoms with E-state index in [1.165, 1.54) is 12.8 Å². The number of ether oxygens (including phenoxy) is 2. The van der Waals surface area contributed by atoms with Crippen LogP contribution in [-0.2, 0) is 14.3 Å². The lowest BCUT2D eigenvalue weighted by molar-refractivity contribution is -0.171. The van der Waals surface area contributed by atoms with Gasteiger partial charge in [0.05, 0.1) is 19.1 Å². The van der Waals surface area contributed by atoms with Crippen molar-refractivity contribution in [1.82, 2.24) is 4.90 Å². The van der Waals surface area contributed by atoms with E-state index in [1.807, 2.05) is 6.92 Å². The second kappa shape index (κ2) is 5.55. The Kier molecular flexibility index (Phi) is 4.25. The molecule has 0 aliphatic carbocycles. The number of hydrogen-bond acceptors (Lipinski definition) is 4. The van der Waals surface area contributed by atoms with Gasteiger partial charge in [-0.2, -0.15) is 0 Å². The third kappa shape index (κ3) is 3.67. The van der Waals surface area contributed by atoms with E-state index in [1.54, 1.807) is 0 Å². The van der Waals surface area contributed by atoms with E-state index >= 15 is 0 Å². The van der Waals surface area contributed by atoms with Crippen molar-refractivity contribution in [3.63, 3.8) is 0 Å². The summed E-state index contributed by atoms with van der Waals surface area (Å²) >= 11 is 0. The van der Waals surface area contributed by atoms with Crippen molar-refractivity contribution in [3.8, 4) is 0 Å². The van der Waals surface area contributed by atoms with Crippen LogP contribution >= 0.6 is 0 Å². The molecule has 0 bridgehead atoms. The van der Waals surface area contributed by atoms with Crippen molar-refractivity contribution < 1.29 is 19.4 Å². The average molecular weight is 257 g/mol. The SMILES string of the molecule is CN1CCCC(CC2(C)OCC(CC(=O)O)O2)C1. The number of rotatable bonds is 4. The third-order valence-electron chi connectivity index (χ3n) is 3.77. The number of aliphatic carboxylic acids is 1. The van der Waals surface area contributed by atoms with Gasteiger partial charge in [-0.05, 0) is 39.3 Å². The predicted molar refractivity (Wildman–Crippen MR) is 66.3 cm³/mol. The van der Waals surface area contributed by atoms with Crippen LogP contribution in [0.2, 0.25) is 0 Å². The number of piperidine rings is 1. The fourth-order valence-corrected chi connectivity index (χ4v) is 3.06. The first-order valence-corrected chi connectivity index (χ1v) is 6.69. The first-order chi connectivity index (χ1) is 8.47. The van der Waals surface area contributed by atoms with Crippen LogP contribution < -0.4 is 0 Å². The van der Waals surface area contributed by atoms with Crippen molar-refractivity contribution in [2.75, 3.05) is 26.7 Å². The van der Waals surface area contributed by atoms with Gasteiger partial charge < -0.3 is 19.5 Å². The molecule has 104 valence electrons.